The Bertz CT molecular complexity index is 404. The van der Waals surface area contributed by atoms with E-state index in [9.17, 15) is 4.79 Å². The first-order valence-corrected chi connectivity index (χ1v) is 6.85. The smallest absolute Gasteiger partial charge is 0.239 e. The third-order valence-corrected chi connectivity index (χ3v) is 4.00. The molecule has 1 fully saturated rings. The van der Waals surface area contributed by atoms with Gasteiger partial charge in [-0.1, -0.05) is 12.1 Å². The summed E-state index contributed by atoms with van der Waals surface area (Å²) in [5, 5.41) is 0. The molecule has 0 aliphatic carbocycles. The number of hydrogen-bond donors (Lipinski definition) is 0. The van der Waals surface area contributed by atoms with E-state index in [1.54, 1.807) is 0 Å². The third kappa shape index (κ3) is 2.98. The summed E-state index contributed by atoms with van der Waals surface area (Å²) in [4.78, 5) is 15.8. The molecule has 92 valence electrons. The van der Waals surface area contributed by atoms with E-state index in [1.165, 1.54) is 9.13 Å². The highest BCUT2D eigenvalue weighted by Gasteiger charge is 2.31. The van der Waals surface area contributed by atoms with Gasteiger partial charge in [-0.2, -0.15) is 0 Å². The molecule has 1 atom stereocenters. The van der Waals surface area contributed by atoms with E-state index in [0.29, 0.717) is 0 Å². The summed E-state index contributed by atoms with van der Waals surface area (Å²) in [6.07, 6.45) is 0.941. The molecule has 0 radical (unpaired) electrons. The van der Waals surface area contributed by atoms with Crippen molar-refractivity contribution < 1.29 is 4.79 Å². The molecule has 1 aromatic carbocycles. The van der Waals surface area contributed by atoms with E-state index < -0.39 is 0 Å². The molecule has 0 spiro atoms. The molecule has 1 heterocycles. The Labute approximate surface area is 116 Å². The lowest BCUT2D eigenvalue weighted by molar-refractivity contribution is -0.130. The van der Waals surface area contributed by atoms with Gasteiger partial charge in [0.1, 0.15) is 0 Å². The Balaban J connectivity index is 1.99. The largest absolute Gasteiger partial charge is 0.344 e. The van der Waals surface area contributed by atoms with Crippen molar-refractivity contribution in [1.82, 2.24) is 9.80 Å². The monoisotopic (exact) mass is 344 g/mol. The second-order valence-corrected chi connectivity index (χ2v) is 5.85. The fourth-order valence-corrected chi connectivity index (χ4v) is 2.56. The molecule has 2 rings (SSSR count). The zero-order valence-corrected chi connectivity index (χ0v) is 12.3. The number of benzene rings is 1. The lowest BCUT2D eigenvalue weighted by Gasteiger charge is -2.22. The summed E-state index contributed by atoms with van der Waals surface area (Å²) in [5.74, 6) is 0.248. The zero-order valence-electron chi connectivity index (χ0n) is 10.2. The molecule has 3 nitrogen and oxygen atoms in total. The van der Waals surface area contributed by atoms with Gasteiger partial charge in [-0.25, -0.2) is 0 Å². The first-order valence-electron chi connectivity index (χ1n) is 5.77. The fourth-order valence-electron chi connectivity index (χ4n) is 2.20. The van der Waals surface area contributed by atoms with Gasteiger partial charge in [0, 0.05) is 23.7 Å². The molecule has 4 heteroatoms. The molecule has 17 heavy (non-hydrogen) atoms. The van der Waals surface area contributed by atoms with Crippen molar-refractivity contribution in [3.05, 3.63) is 33.4 Å². The van der Waals surface area contributed by atoms with Crippen molar-refractivity contribution >= 4 is 28.5 Å². The van der Waals surface area contributed by atoms with Crippen molar-refractivity contribution in [3.8, 4) is 0 Å². The van der Waals surface area contributed by atoms with Crippen molar-refractivity contribution in [2.45, 2.75) is 19.0 Å². The fraction of sp³-hybridized carbons (Fsp3) is 0.462. The topological polar surface area (TPSA) is 23.6 Å². The minimum absolute atomic E-state index is 0.0549. The van der Waals surface area contributed by atoms with Gasteiger partial charge >= 0.3 is 0 Å². The van der Waals surface area contributed by atoms with E-state index in [2.05, 4.69) is 51.8 Å². The van der Waals surface area contributed by atoms with Gasteiger partial charge in [0.2, 0.25) is 5.91 Å². The number of carbonyl (C=O) groups excluding carboxylic acids is 1. The normalized spacial score (nSPS) is 20.4. The number of halogens is 1. The van der Waals surface area contributed by atoms with Gasteiger partial charge in [-0.05, 0) is 53.8 Å². The molecule has 0 saturated carbocycles. The maximum atomic E-state index is 11.9. The number of rotatable bonds is 3. The van der Waals surface area contributed by atoms with Gasteiger partial charge in [-0.15, -0.1) is 0 Å². The molecule has 1 aromatic rings. The average molecular weight is 344 g/mol. The Hall–Kier alpha value is -0.620. The van der Waals surface area contributed by atoms with Crippen LogP contribution in [-0.2, 0) is 11.3 Å². The van der Waals surface area contributed by atoms with Crippen molar-refractivity contribution in [3.63, 3.8) is 0 Å². The van der Waals surface area contributed by atoms with E-state index in [0.717, 1.165) is 19.5 Å². The standard InChI is InChI=1S/C13H17IN2O/c1-15-8-7-12(13(15)17)16(2)9-10-3-5-11(14)6-4-10/h3-6,12H,7-9H2,1-2H3/t12-/m0/s1. The van der Waals surface area contributed by atoms with E-state index in [4.69, 9.17) is 0 Å². The molecule has 1 amide bonds. The summed E-state index contributed by atoms with van der Waals surface area (Å²) < 4.78 is 1.24. The maximum Gasteiger partial charge on any atom is 0.239 e. The van der Waals surface area contributed by atoms with Gasteiger partial charge < -0.3 is 4.90 Å². The van der Waals surface area contributed by atoms with Crippen LogP contribution in [0.25, 0.3) is 0 Å². The summed E-state index contributed by atoms with van der Waals surface area (Å²) in [6.45, 7) is 1.71. The van der Waals surface area contributed by atoms with Gasteiger partial charge in [0.05, 0.1) is 6.04 Å². The van der Waals surface area contributed by atoms with Gasteiger partial charge in [0.15, 0.2) is 0 Å². The molecular formula is C13H17IN2O. The predicted octanol–water partition coefficient (Wildman–Crippen LogP) is 1.95. The Kier molecular flexibility index (Phi) is 4.04. The van der Waals surface area contributed by atoms with Crippen LogP contribution in [-0.4, -0.2) is 42.4 Å². The Morgan fingerprint density at radius 1 is 1.41 bits per heavy atom. The van der Waals surface area contributed by atoms with E-state index >= 15 is 0 Å². The summed E-state index contributed by atoms with van der Waals surface area (Å²) >= 11 is 2.30. The molecule has 1 saturated heterocycles. The van der Waals surface area contributed by atoms with Crippen LogP contribution in [0, 0.1) is 3.57 Å². The lowest BCUT2D eigenvalue weighted by atomic mass is 10.1. The number of carbonyl (C=O) groups is 1. The van der Waals surface area contributed by atoms with Crippen LogP contribution in [0.1, 0.15) is 12.0 Å². The molecule has 0 unspecified atom stereocenters. The van der Waals surface area contributed by atoms with Crippen LogP contribution in [0.2, 0.25) is 0 Å². The number of nitrogens with zero attached hydrogens (tertiary/aromatic N) is 2. The highest BCUT2D eigenvalue weighted by atomic mass is 127. The van der Waals surface area contributed by atoms with Gasteiger partial charge in [-0.3, -0.25) is 9.69 Å². The molecule has 0 bridgehead atoms. The highest BCUT2D eigenvalue weighted by Crippen LogP contribution is 2.17. The van der Waals surface area contributed by atoms with Crippen LogP contribution in [0.15, 0.2) is 24.3 Å². The van der Waals surface area contributed by atoms with Gasteiger partial charge in [0.25, 0.3) is 0 Å². The van der Waals surface area contributed by atoms with Crippen molar-refractivity contribution in [2.24, 2.45) is 0 Å². The number of likely N-dealkylation sites (tertiary alicyclic amines) is 1. The second-order valence-electron chi connectivity index (χ2n) is 4.61. The summed E-state index contributed by atoms with van der Waals surface area (Å²) in [7, 11) is 3.90. The minimum atomic E-state index is 0.0549. The van der Waals surface area contributed by atoms with Crippen LogP contribution in [0.5, 0.6) is 0 Å². The van der Waals surface area contributed by atoms with Crippen LogP contribution < -0.4 is 0 Å². The average Bonchev–Trinajstić information content (AvgIpc) is 2.63. The first-order chi connectivity index (χ1) is 8.08. The number of amides is 1. The number of hydrogen-bond acceptors (Lipinski definition) is 2. The predicted molar refractivity (Wildman–Crippen MR) is 76.7 cm³/mol. The van der Waals surface area contributed by atoms with E-state index in [1.807, 2.05) is 19.0 Å². The van der Waals surface area contributed by atoms with Crippen LogP contribution in [0.3, 0.4) is 0 Å². The third-order valence-electron chi connectivity index (χ3n) is 3.28. The minimum Gasteiger partial charge on any atom is -0.344 e. The first kappa shape index (κ1) is 12.8. The molecule has 0 aromatic heterocycles. The van der Waals surface area contributed by atoms with Crippen molar-refractivity contribution in [2.75, 3.05) is 20.6 Å². The van der Waals surface area contributed by atoms with Crippen LogP contribution in [0.4, 0.5) is 0 Å². The molecular weight excluding hydrogens is 327 g/mol. The summed E-state index contributed by atoms with van der Waals surface area (Å²) in [6, 6.07) is 8.51. The highest BCUT2D eigenvalue weighted by molar-refractivity contribution is 14.1. The quantitative estimate of drug-likeness (QED) is 0.783. The Morgan fingerprint density at radius 3 is 2.59 bits per heavy atom. The molecule has 1 aliphatic rings. The zero-order chi connectivity index (χ0) is 12.4. The Morgan fingerprint density at radius 2 is 2.06 bits per heavy atom. The summed E-state index contributed by atoms with van der Waals surface area (Å²) in [5.41, 5.74) is 1.26. The number of likely N-dealkylation sites (N-methyl/N-ethyl adjacent to an activating group) is 2. The SMILES string of the molecule is CN1CC[C@H](N(C)Cc2ccc(I)cc2)C1=O. The lowest BCUT2D eigenvalue weighted by Crippen LogP contribution is -2.38. The van der Waals surface area contributed by atoms with Crippen molar-refractivity contribution in [1.29, 1.82) is 0 Å². The van der Waals surface area contributed by atoms with E-state index in [-0.39, 0.29) is 11.9 Å². The molecule has 0 N–H and O–H groups in total. The maximum absolute atomic E-state index is 11.9. The van der Waals surface area contributed by atoms with Crippen LogP contribution >= 0.6 is 22.6 Å². The second kappa shape index (κ2) is 5.35. The molecule has 1 aliphatic heterocycles.